The highest BCUT2D eigenvalue weighted by molar-refractivity contribution is 9.10. The van der Waals surface area contributed by atoms with Gasteiger partial charge in [0.25, 0.3) is 0 Å². The van der Waals surface area contributed by atoms with Crippen LogP contribution in [0.3, 0.4) is 0 Å². The molecule has 0 aliphatic carbocycles. The number of nitrogens with one attached hydrogen (secondary N) is 1. The number of aromatic amines is 1. The normalized spacial score (nSPS) is 16.7. The zero-order valence-corrected chi connectivity index (χ0v) is 14.0. The SMILES string of the molecule is O=c1[nH]c2ccc(S(=O)(=O)N3CC(n4cc(Br)cn4)C3)cc2o1. The van der Waals surface area contributed by atoms with Gasteiger partial charge in [0.05, 0.1) is 27.1 Å². The van der Waals surface area contributed by atoms with Gasteiger partial charge < -0.3 is 4.42 Å². The molecule has 3 aromatic rings. The Labute approximate surface area is 138 Å². The van der Waals surface area contributed by atoms with E-state index >= 15 is 0 Å². The average Bonchev–Trinajstić information content (AvgIpc) is 3.00. The number of halogens is 1. The number of sulfonamides is 1. The van der Waals surface area contributed by atoms with Crippen molar-refractivity contribution in [3.05, 3.63) is 45.6 Å². The molecule has 0 amide bonds. The number of H-pyrrole nitrogens is 1. The third-order valence-corrected chi connectivity index (χ3v) is 6.04. The zero-order chi connectivity index (χ0) is 16.2. The van der Waals surface area contributed by atoms with Crippen molar-refractivity contribution in [1.29, 1.82) is 0 Å². The van der Waals surface area contributed by atoms with E-state index in [0.717, 1.165) is 4.47 Å². The number of hydrogen-bond acceptors (Lipinski definition) is 5. The summed E-state index contributed by atoms with van der Waals surface area (Å²) in [6.07, 6.45) is 3.48. The predicted octanol–water partition coefficient (Wildman–Crippen LogP) is 1.33. The molecule has 0 saturated carbocycles. The Morgan fingerprint density at radius 1 is 1.35 bits per heavy atom. The summed E-state index contributed by atoms with van der Waals surface area (Å²) < 4.78 is 34.1. The maximum atomic E-state index is 12.6. The van der Waals surface area contributed by atoms with E-state index in [1.165, 1.54) is 22.5 Å². The lowest BCUT2D eigenvalue weighted by atomic mass is 10.2. The molecule has 3 heterocycles. The first-order chi connectivity index (χ1) is 10.9. The van der Waals surface area contributed by atoms with Gasteiger partial charge in [-0.15, -0.1) is 0 Å². The minimum Gasteiger partial charge on any atom is -0.408 e. The number of benzene rings is 1. The van der Waals surface area contributed by atoms with Crippen LogP contribution in [0.25, 0.3) is 11.1 Å². The van der Waals surface area contributed by atoms with E-state index in [1.807, 2.05) is 6.20 Å². The van der Waals surface area contributed by atoms with Crippen LogP contribution in [0, 0.1) is 0 Å². The van der Waals surface area contributed by atoms with E-state index < -0.39 is 15.8 Å². The van der Waals surface area contributed by atoms with E-state index in [2.05, 4.69) is 26.0 Å². The molecule has 0 radical (unpaired) electrons. The first kappa shape index (κ1) is 14.7. The monoisotopic (exact) mass is 398 g/mol. The second-order valence-electron chi connectivity index (χ2n) is 5.29. The molecule has 1 aliphatic rings. The first-order valence-electron chi connectivity index (χ1n) is 6.76. The molecule has 0 atom stereocenters. The van der Waals surface area contributed by atoms with Crippen molar-refractivity contribution in [3.8, 4) is 0 Å². The highest BCUT2D eigenvalue weighted by Crippen LogP contribution is 2.29. The van der Waals surface area contributed by atoms with Crippen molar-refractivity contribution in [2.75, 3.05) is 13.1 Å². The summed E-state index contributed by atoms with van der Waals surface area (Å²) in [6.45, 7) is 0.706. The molecule has 120 valence electrons. The lowest BCUT2D eigenvalue weighted by Crippen LogP contribution is -2.50. The number of fused-ring (bicyclic) bond motifs is 1. The summed E-state index contributed by atoms with van der Waals surface area (Å²) in [4.78, 5) is 13.7. The molecular weight excluding hydrogens is 388 g/mol. The quantitative estimate of drug-likeness (QED) is 0.716. The van der Waals surface area contributed by atoms with Crippen LogP contribution < -0.4 is 5.76 Å². The molecule has 0 unspecified atom stereocenters. The van der Waals surface area contributed by atoms with E-state index in [-0.39, 0.29) is 16.5 Å². The number of oxazole rings is 1. The second kappa shape index (κ2) is 5.05. The Morgan fingerprint density at radius 2 is 2.13 bits per heavy atom. The Balaban J connectivity index is 1.59. The smallest absolute Gasteiger partial charge is 0.408 e. The first-order valence-corrected chi connectivity index (χ1v) is 8.99. The van der Waals surface area contributed by atoms with Gasteiger partial charge in [0, 0.05) is 25.4 Å². The fourth-order valence-corrected chi connectivity index (χ4v) is 4.36. The molecule has 1 aromatic carbocycles. The van der Waals surface area contributed by atoms with Gasteiger partial charge in [0.15, 0.2) is 5.58 Å². The predicted molar refractivity (Wildman–Crippen MR) is 84.6 cm³/mol. The molecule has 23 heavy (non-hydrogen) atoms. The standard InChI is InChI=1S/C13H11BrN4O4S/c14-8-4-15-18(5-8)9-6-17(7-9)23(20,21)10-1-2-11-12(3-10)22-13(19)16-11/h1-5,9H,6-7H2,(H,16,19). The Hall–Kier alpha value is -1.91. The molecule has 1 fully saturated rings. The molecule has 1 N–H and O–H groups in total. The molecule has 0 bridgehead atoms. The minimum absolute atomic E-state index is 0.0185. The summed E-state index contributed by atoms with van der Waals surface area (Å²) in [5.74, 6) is -0.608. The van der Waals surface area contributed by atoms with Gasteiger partial charge in [-0.25, -0.2) is 13.2 Å². The van der Waals surface area contributed by atoms with Gasteiger partial charge in [-0.05, 0) is 28.1 Å². The average molecular weight is 399 g/mol. The lowest BCUT2D eigenvalue weighted by molar-refractivity contribution is 0.191. The molecule has 10 heteroatoms. The van der Waals surface area contributed by atoms with Crippen LogP contribution in [-0.2, 0) is 10.0 Å². The molecular formula is C13H11BrN4O4S. The Bertz CT molecular complexity index is 1050. The molecule has 2 aromatic heterocycles. The summed E-state index contributed by atoms with van der Waals surface area (Å²) >= 11 is 3.32. The fraction of sp³-hybridized carbons (Fsp3) is 0.231. The van der Waals surface area contributed by atoms with Crippen LogP contribution in [0.5, 0.6) is 0 Å². The molecule has 0 spiro atoms. The summed E-state index contributed by atoms with van der Waals surface area (Å²) in [7, 11) is -3.61. The van der Waals surface area contributed by atoms with Crippen molar-refractivity contribution in [2.24, 2.45) is 0 Å². The van der Waals surface area contributed by atoms with E-state index in [1.54, 1.807) is 10.9 Å². The van der Waals surface area contributed by atoms with Crippen LogP contribution in [0.2, 0.25) is 0 Å². The van der Waals surface area contributed by atoms with E-state index in [0.29, 0.717) is 18.6 Å². The van der Waals surface area contributed by atoms with Crippen LogP contribution in [0.15, 0.2) is 49.2 Å². The van der Waals surface area contributed by atoms with Gasteiger partial charge in [0.2, 0.25) is 10.0 Å². The zero-order valence-electron chi connectivity index (χ0n) is 11.6. The molecule has 4 rings (SSSR count). The van der Waals surface area contributed by atoms with Gasteiger partial charge in [0.1, 0.15) is 0 Å². The summed E-state index contributed by atoms with van der Waals surface area (Å²) in [5, 5.41) is 4.17. The van der Waals surface area contributed by atoms with Crippen molar-refractivity contribution in [2.45, 2.75) is 10.9 Å². The Morgan fingerprint density at radius 3 is 2.83 bits per heavy atom. The molecule has 1 saturated heterocycles. The van der Waals surface area contributed by atoms with Crippen LogP contribution >= 0.6 is 15.9 Å². The largest absolute Gasteiger partial charge is 0.417 e. The van der Waals surface area contributed by atoms with Gasteiger partial charge >= 0.3 is 5.76 Å². The number of hydrogen-bond donors (Lipinski definition) is 1. The van der Waals surface area contributed by atoms with Gasteiger partial charge in [-0.2, -0.15) is 9.40 Å². The molecule has 1 aliphatic heterocycles. The van der Waals surface area contributed by atoms with Crippen molar-refractivity contribution in [1.82, 2.24) is 19.1 Å². The summed E-state index contributed by atoms with van der Waals surface area (Å²) in [5.41, 5.74) is 0.695. The second-order valence-corrected chi connectivity index (χ2v) is 8.14. The number of rotatable bonds is 3. The van der Waals surface area contributed by atoms with Crippen LogP contribution in [-0.4, -0.2) is 40.6 Å². The van der Waals surface area contributed by atoms with E-state index in [9.17, 15) is 13.2 Å². The third-order valence-electron chi connectivity index (χ3n) is 3.80. The van der Waals surface area contributed by atoms with E-state index in [4.69, 9.17) is 4.42 Å². The highest BCUT2D eigenvalue weighted by atomic mass is 79.9. The maximum Gasteiger partial charge on any atom is 0.417 e. The van der Waals surface area contributed by atoms with Crippen molar-refractivity contribution >= 4 is 37.1 Å². The van der Waals surface area contributed by atoms with Crippen molar-refractivity contribution < 1.29 is 12.8 Å². The maximum absolute atomic E-state index is 12.6. The lowest BCUT2D eigenvalue weighted by Gasteiger charge is -2.37. The topological polar surface area (TPSA) is 101 Å². The van der Waals surface area contributed by atoms with Gasteiger partial charge in [-0.3, -0.25) is 9.67 Å². The number of aromatic nitrogens is 3. The van der Waals surface area contributed by atoms with Gasteiger partial charge in [-0.1, -0.05) is 0 Å². The van der Waals surface area contributed by atoms with Crippen molar-refractivity contribution in [3.63, 3.8) is 0 Å². The number of nitrogens with zero attached hydrogens (tertiary/aromatic N) is 3. The highest BCUT2D eigenvalue weighted by Gasteiger charge is 2.38. The third kappa shape index (κ3) is 2.42. The van der Waals surface area contributed by atoms with Crippen LogP contribution in [0.4, 0.5) is 0 Å². The fourth-order valence-electron chi connectivity index (χ4n) is 2.53. The summed E-state index contributed by atoms with van der Waals surface area (Å²) in [6, 6.07) is 4.36. The molecule has 8 nitrogen and oxygen atoms in total. The Kier molecular flexibility index (Phi) is 3.22. The van der Waals surface area contributed by atoms with Crippen LogP contribution in [0.1, 0.15) is 6.04 Å². The minimum atomic E-state index is -3.61.